The highest BCUT2D eigenvalue weighted by molar-refractivity contribution is 7.68. The van der Waals surface area contributed by atoms with Gasteiger partial charge in [-0.05, 0) is 11.5 Å². The molecule has 1 heteroatoms. The maximum absolute atomic E-state index is 3.84. The molecule has 11 heavy (non-hydrogen) atoms. The van der Waals surface area contributed by atoms with Gasteiger partial charge in [0, 0.05) is 0 Å². The first-order chi connectivity index (χ1) is 5.38. The van der Waals surface area contributed by atoms with Crippen LogP contribution in [0.25, 0.3) is 0 Å². The van der Waals surface area contributed by atoms with Crippen LogP contribution in [-0.2, 0) is 0 Å². The molecule has 1 atom stereocenters. The van der Waals surface area contributed by atoms with Crippen molar-refractivity contribution < 1.29 is 0 Å². The number of benzene rings is 1. The maximum Gasteiger partial charge on any atom is -0.0201 e. The van der Waals surface area contributed by atoms with Crippen molar-refractivity contribution >= 4 is 13.2 Å². The van der Waals surface area contributed by atoms with Crippen molar-refractivity contribution in [3.63, 3.8) is 0 Å². The zero-order chi connectivity index (χ0) is 8.10. The summed E-state index contributed by atoms with van der Waals surface area (Å²) in [5.41, 5.74) is 0. The highest BCUT2D eigenvalue weighted by Gasteiger charge is 2.00. The van der Waals surface area contributed by atoms with Gasteiger partial charge in [-0.1, -0.05) is 57.6 Å². The average molecular weight is 164 g/mol. The van der Waals surface area contributed by atoms with E-state index in [1.165, 1.54) is 11.5 Å². The fraction of sp³-hybridized carbons (Fsp3) is 0.200. The molecular weight excluding hydrogens is 151 g/mol. The van der Waals surface area contributed by atoms with E-state index in [0.29, 0.717) is 0 Å². The lowest BCUT2D eigenvalue weighted by atomic mass is 10.4. The normalized spacial score (nSPS) is 12.5. The Morgan fingerprint density at radius 2 is 2.00 bits per heavy atom. The molecule has 0 amide bonds. The molecule has 1 unspecified atom stereocenters. The lowest BCUT2D eigenvalue weighted by Crippen LogP contribution is -1.98. The Labute approximate surface area is 69.7 Å². The molecule has 1 rings (SSSR count). The number of hydrogen-bond acceptors (Lipinski definition) is 0. The summed E-state index contributed by atoms with van der Waals surface area (Å²) >= 11 is 0. The van der Waals surface area contributed by atoms with Crippen LogP contribution in [0.3, 0.4) is 0 Å². The van der Waals surface area contributed by atoms with Crippen molar-refractivity contribution in [2.75, 3.05) is 6.16 Å². The summed E-state index contributed by atoms with van der Waals surface area (Å²) in [6, 6.07) is 10.6. The lowest BCUT2D eigenvalue weighted by Gasteiger charge is -2.09. The Balaban J connectivity index is 2.82. The van der Waals surface area contributed by atoms with Gasteiger partial charge in [-0.3, -0.25) is 0 Å². The third-order valence-electron chi connectivity index (χ3n) is 1.65. The van der Waals surface area contributed by atoms with Crippen LogP contribution < -0.4 is 5.30 Å². The topological polar surface area (TPSA) is 0 Å². The van der Waals surface area contributed by atoms with Crippen LogP contribution in [0.5, 0.6) is 0 Å². The highest BCUT2D eigenvalue weighted by Crippen LogP contribution is 2.33. The zero-order valence-corrected chi connectivity index (χ0v) is 7.72. The largest absolute Gasteiger partial charge is 0.0983 e. The molecule has 1 aromatic rings. The predicted octanol–water partition coefficient (Wildman–Crippen LogP) is 2.96. The van der Waals surface area contributed by atoms with E-state index in [0.717, 1.165) is 0 Å². The van der Waals surface area contributed by atoms with Crippen molar-refractivity contribution in [1.82, 2.24) is 0 Å². The van der Waals surface area contributed by atoms with E-state index in [-0.39, 0.29) is 7.92 Å². The predicted molar refractivity (Wildman–Crippen MR) is 53.7 cm³/mol. The Hall–Kier alpha value is -0.610. The Morgan fingerprint density at radius 3 is 2.45 bits per heavy atom. The molecule has 0 fully saturated rings. The Kier molecular flexibility index (Phi) is 3.32. The van der Waals surface area contributed by atoms with Crippen LogP contribution in [0.1, 0.15) is 6.92 Å². The van der Waals surface area contributed by atoms with Gasteiger partial charge in [0.25, 0.3) is 0 Å². The van der Waals surface area contributed by atoms with Crippen LogP contribution in [0.2, 0.25) is 0 Å². The molecular formula is C10H13P. The van der Waals surface area contributed by atoms with Crippen LogP contribution >= 0.6 is 7.92 Å². The first-order valence-corrected chi connectivity index (χ1v) is 5.42. The second kappa shape index (κ2) is 4.31. The minimum absolute atomic E-state index is 0.0874. The van der Waals surface area contributed by atoms with Crippen molar-refractivity contribution in [2.24, 2.45) is 0 Å². The molecule has 0 aliphatic rings. The number of rotatable bonds is 3. The summed E-state index contributed by atoms with van der Waals surface area (Å²) in [4.78, 5) is 0. The van der Waals surface area contributed by atoms with Crippen molar-refractivity contribution in [3.8, 4) is 0 Å². The smallest absolute Gasteiger partial charge is 0.0201 e. The van der Waals surface area contributed by atoms with Crippen LogP contribution in [0, 0.1) is 0 Å². The Morgan fingerprint density at radius 1 is 1.36 bits per heavy atom. The van der Waals surface area contributed by atoms with E-state index < -0.39 is 0 Å². The summed E-state index contributed by atoms with van der Waals surface area (Å²) in [6.07, 6.45) is 1.20. The minimum atomic E-state index is -0.0874. The van der Waals surface area contributed by atoms with Gasteiger partial charge in [0.2, 0.25) is 0 Å². The summed E-state index contributed by atoms with van der Waals surface area (Å²) in [5, 5.41) is 1.43. The molecule has 0 heterocycles. The average Bonchev–Trinajstić information content (AvgIpc) is 2.09. The molecule has 0 spiro atoms. The minimum Gasteiger partial charge on any atom is -0.0983 e. The van der Waals surface area contributed by atoms with Crippen molar-refractivity contribution in [1.29, 1.82) is 0 Å². The van der Waals surface area contributed by atoms with Crippen LogP contribution in [0.15, 0.2) is 42.7 Å². The van der Waals surface area contributed by atoms with E-state index >= 15 is 0 Å². The summed E-state index contributed by atoms with van der Waals surface area (Å²) < 4.78 is 0. The second-order valence-corrected chi connectivity index (χ2v) is 4.76. The molecule has 0 bridgehead atoms. The highest BCUT2D eigenvalue weighted by atomic mass is 31.1. The van der Waals surface area contributed by atoms with Gasteiger partial charge < -0.3 is 0 Å². The van der Waals surface area contributed by atoms with Crippen LogP contribution in [0.4, 0.5) is 0 Å². The van der Waals surface area contributed by atoms with Gasteiger partial charge in [0.15, 0.2) is 0 Å². The summed E-state index contributed by atoms with van der Waals surface area (Å²) in [7, 11) is -0.0874. The van der Waals surface area contributed by atoms with E-state index in [9.17, 15) is 0 Å². The van der Waals surface area contributed by atoms with Crippen LogP contribution in [-0.4, -0.2) is 6.16 Å². The second-order valence-electron chi connectivity index (χ2n) is 2.30. The molecule has 0 nitrogen and oxygen atoms in total. The number of hydrogen-bond donors (Lipinski definition) is 0. The molecule has 0 aliphatic carbocycles. The third-order valence-corrected chi connectivity index (χ3v) is 3.73. The SMILES string of the molecule is C=CP(CC)c1ccccc1. The fourth-order valence-electron chi connectivity index (χ4n) is 1.04. The van der Waals surface area contributed by atoms with Crippen molar-refractivity contribution in [2.45, 2.75) is 6.92 Å². The molecule has 0 radical (unpaired) electrons. The first kappa shape index (κ1) is 8.49. The molecule has 0 saturated carbocycles. The molecule has 1 aromatic carbocycles. The van der Waals surface area contributed by atoms with Gasteiger partial charge in [-0.2, -0.15) is 0 Å². The molecule has 0 saturated heterocycles. The van der Waals surface area contributed by atoms with Gasteiger partial charge in [0.1, 0.15) is 0 Å². The van der Waals surface area contributed by atoms with Crippen molar-refractivity contribution in [3.05, 3.63) is 42.7 Å². The maximum atomic E-state index is 3.84. The van der Waals surface area contributed by atoms with E-state index in [4.69, 9.17) is 0 Å². The van der Waals surface area contributed by atoms with E-state index in [1.807, 2.05) is 0 Å². The van der Waals surface area contributed by atoms with Gasteiger partial charge in [-0.15, -0.1) is 0 Å². The van der Waals surface area contributed by atoms with E-state index in [2.05, 4.69) is 49.7 Å². The van der Waals surface area contributed by atoms with Gasteiger partial charge in [-0.25, -0.2) is 0 Å². The molecule has 0 N–H and O–H groups in total. The summed E-state index contributed by atoms with van der Waals surface area (Å²) in [5.74, 6) is 2.07. The lowest BCUT2D eigenvalue weighted by molar-refractivity contribution is 1.51. The van der Waals surface area contributed by atoms with Gasteiger partial charge >= 0.3 is 0 Å². The monoisotopic (exact) mass is 164 g/mol. The standard InChI is InChI=1S/C10H13P/c1-3-11(4-2)10-8-6-5-7-9-10/h3,5-9H,1,4H2,2H3. The van der Waals surface area contributed by atoms with Gasteiger partial charge in [0.05, 0.1) is 0 Å². The quantitative estimate of drug-likeness (QED) is 0.602. The fourth-order valence-corrected chi connectivity index (χ4v) is 2.43. The summed E-state index contributed by atoms with van der Waals surface area (Å²) in [6.45, 7) is 6.05. The Bertz CT molecular complexity index is 216. The van der Waals surface area contributed by atoms with E-state index in [1.54, 1.807) is 0 Å². The molecule has 0 aromatic heterocycles. The molecule has 58 valence electrons. The first-order valence-electron chi connectivity index (χ1n) is 3.82. The zero-order valence-electron chi connectivity index (χ0n) is 6.83. The molecule has 0 aliphatic heterocycles. The third kappa shape index (κ3) is 2.17.